The summed E-state index contributed by atoms with van der Waals surface area (Å²) in [6.07, 6.45) is 1.10. The van der Waals surface area contributed by atoms with Crippen molar-refractivity contribution >= 4 is 11.8 Å². The zero-order valence-electron chi connectivity index (χ0n) is 18.1. The molecule has 0 aromatic heterocycles. The molecule has 0 saturated carbocycles. The van der Waals surface area contributed by atoms with Gasteiger partial charge in [-0.2, -0.15) is 0 Å². The van der Waals surface area contributed by atoms with Gasteiger partial charge in [-0.1, -0.05) is 48.9 Å². The molecule has 0 aliphatic rings. The molecule has 1 N–H and O–H groups in total. The van der Waals surface area contributed by atoms with E-state index in [0.29, 0.717) is 6.54 Å². The molecule has 0 aliphatic heterocycles. The molecule has 2 aromatic rings. The lowest BCUT2D eigenvalue weighted by atomic mass is 10.1. The van der Waals surface area contributed by atoms with E-state index in [1.807, 2.05) is 69.3 Å². The Hall–Kier alpha value is -2.82. The molecule has 0 bridgehead atoms. The second-order valence-electron chi connectivity index (χ2n) is 7.53. The monoisotopic (exact) mass is 396 g/mol. The fourth-order valence-corrected chi connectivity index (χ4v) is 2.96. The maximum Gasteiger partial charge on any atom is 0.242 e. The largest absolute Gasteiger partial charge is 0.497 e. The van der Waals surface area contributed by atoms with Gasteiger partial charge in [0.15, 0.2) is 0 Å². The van der Waals surface area contributed by atoms with Crippen LogP contribution >= 0.6 is 0 Å². The van der Waals surface area contributed by atoms with Crippen molar-refractivity contribution in [1.29, 1.82) is 0 Å². The number of rotatable bonds is 9. The number of carbonyl (C=O) groups is 2. The van der Waals surface area contributed by atoms with Gasteiger partial charge in [0, 0.05) is 12.6 Å². The van der Waals surface area contributed by atoms with E-state index in [4.69, 9.17) is 4.74 Å². The third-order valence-corrected chi connectivity index (χ3v) is 5.16. The van der Waals surface area contributed by atoms with E-state index in [-0.39, 0.29) is 24.3 Å². The maximum atomic E-state index is 13.1. The number of hydrogen-bond donors (Lipinski definition) is 1. The first-order valence-corrected chi connectivity index (χ1v) is 10.1. The van der Waals surface area contributed by atoms with E-state index in [2.05, 4.69) is 5.32 Å². The van der Waals surface area contributed by atoms with Gasteiger partial charge in [0.1, 0.15) is 11.8 Å². The van der Waals surface area contributed by atoms with Crippen molar-refractivity contribution in [3.63, 3.8) is 0 Å². The molecule has 2 atom stereocenters. The summed E-state index contributed by atoms with van der Waals surface area (Å²) in [7, 11) is 1.62. The van der Waals surface area contributed by atoms with Crippen molar-refractivity contribution in [3.05, 3.63) is 65.2 Å². The molecule has 0 radical (unpaired) electrons. The number of methoxy groups -OCH3 is 1. The Labute approximate surface area is 174 Å². The van der Waals surface area contributed by atoms with Crippen LogP contribution in [0, 0.1) is 6.92 Å². The van der Waals surface area contributed by atoms with Crippen LogP contribution in [0.2, 0.25) is 0 Å². The normalized spacial score (nSPS) is 12.7. The SMILES string of the molecule is CC[C@@H](C)NC(=O)[C@H](C)N(Cc1ccc(OC)cc1)C(=O)Cc1ccc(C)cc1. The lowest BCUT2D eigenvalue weighted by Crippen LogP contribution is -2.49. The summed E-state index contributed by atoms with van der Waals surface area (Å²) in [6.45, 7) is 8.15. The highest BCUT2D eigenvalue weighted by Gasteiger charge is 2.26. The molecule has 29 heavy (non-hydrogen) atoms. The van der Waals surface area contributed by atoms with Gasteiger partial charge < -0.3 is 15.0 Å². The smallest absolute Gasteiger partial charge is 0.242 e. The first kappa shape index (κ1) is 22.5. The standard InChI is InChI=1S/C24H32N2O3/c1-6-18(3)25-24(28)19(4)26(16-21-11-13-22(29-5)14-12-21)23(27)15-20-9-7-17(2)8-10-20/h7-14,18-19H,6,15-16H2,1-5H3,(H,25,28)/t18-,19+/m1/s1. The summed E-state index contributed by atoms with van der Waals surface area (Å²) in [6, 6.07) is 15.0. The highest BCUT2D eigenvalue weighted by Crippen LogP contribution is 2.16. The molecule has 0 spiro atoms. The third-order valence-electron chi connectivity index (χ3n) is 5.16. The number of hydrogen-bond acceptors (Lipinski definition) is 3. The van der Waals surface area contributed by atoms with Crippen molar-refractivity contribution in [2.45, 2.75) is 59.2 Å². The predicted octanol–water partition coefficient (Wildman–Crippen LogP) is 3.88. The molecule has 2 amide bonds. The van der Waals surface area contributed by atoms with Gasteiger partial charge in [-0.15, -0.1) is 0 Å². The lowest BCUT2D eigenvalue weighted by Gasteiger charge is -2.30. The molecule has 2 rings (SSSR count). The summed E-state index contributed by atoms with van der Waals surface area (Å²) in [5.41, 5.74) is 3.04. The van der Waals surface area contributed by atoms with Crippen LogP contribution in [0.3, 0.4) is 0 Å². The van der Waals surface area contributed by atoms with Crippen molar-refractivity contribution in [3.8, 4) is 5.75 Å². The van der Waals surface area contributed by atoms with Crippen LogP contribution in [0.1, 0.15) is 43.9 Å². The maximum absolute atomic E-state index is 13.1. The Morgan fingerprint density at radius 1 is 1.00 bits per heavy atom. The van der Waals surface area contributed by atoms with Crippen molar-refractivity contribution < 1.29 is 14.3 Å². The Morgan fingerprint density at radius 2 is 1.59 bits per heavy atom. The van der Waals surface area contributed by atoms with E-state index in [1.165, 1.54) is 0 Å². The van der Waals surface area contributed by atoms with Crippen LogP contribution < -0.4 is 10.1 Å². The van der Waals surface area contributed by atoms with Crippen LogP contribution in [0.15, 0.2) is 48.5 Å². The Morgan fingerprint density at radius 3 is 2.14 bits per heavy atom. The summed E-state index contributed by atoms with van der Waals surface area (Å²) < 4.78 is 5.21. The number of benzene rings is 2. The fourth-order valence-electron chi connectivity index (χ4n) is 2.96. The number of nitrogens with one attached hydrogen (secondary N) is 1. The summed E-state index contributed by atoms with van der Waals surface area (Å²) in [5, 5.41) is 2.99. The summed E-state index contributed by atoms with van der Waals surface area (Å²) in [4.78, 5) is 27.5. The average molecular weight is 397 g/mol. The number of carbonyl (C=O) groups excluding carboxylic acids is 2. The van der Waals surface area contributed by atoms with Gasteiger partial charge in [-0.3, -0.25) is 9.59 Å². The molecule has 0 unspecified atom stereocenters. The first-order chi connectivity index (χ1) is 13.8. The highest BCUT2D eigenvalue weighted by atomic mass is 16.5. The molecule has 5 heteroatoms. The van der Waals surface area contributed by atoms with E-state index in [9.17, 15) is 9.59 Å². The van der Waals surface area contributed by atoms with Gasteiger partial charge in [0.2, 0.25) is 11.8 Å². The molecule has 0 fully saturated rings. The van der Waals surface area contributed by atoms with E-state index < -0.39 is 6.04 Å². The summed E-state index contributed by atoms with van der Waals surface area (Å²) in [5.74, 6) is 0.551. The molecule has 0 heterocycles. The predicted molar refractivity (Wildman–Crippen MR) is 116 cm³/mol. The van der Waals surface area contributed by atoms with Crippen LogP contribution in [0.25, 0.3) is 0 Å². The van der Waals surface area contributed by atoms with E-state index in [1.54, 1.807) is 18.9 Å². The van der Waals surface area contributed by atoms with Crippen molar-refractivity contribution in [1.82, 2.24) is 10.2 Å². The van der Waals surface area contributed by atoms with Crippen molar-refractivity contribution in [2.75, 3.05) is 7.11 Å². The topological polar surface area (TPSA) is 58.6 Å². The minimum atomic E-state index is -0.566. The van der Waals surface area contributed by atoms with Crippen molar-refractivity contribution in [2.24, 2.45) is 0 Å². The number of amides is 2. The van der Waals surface area contributed by atoms with Crippen LogP contribution in [0.5, 0.6) is 5.75 Å². The molecular formula is C24H32N2O3. The lowest BCUT2D eigenvalue weighted by molar-refractivity contribution is -0.140. The second kappa shape index (κ2) is 10.6. The van der Waals surface area contributed by atoms with E-state index >= 15 is 0 Å². The van der Waals surface area contributed by atoms with Crippen LogP contribution in [0.4, 0.5) is 0 Å². The minimum absolute atomic E-state index is 0.0694. The Kier molecular flexibility index (Phi) is 8.25. The third kappa shape index (κ3) is 6.63. The molecule has 0 aliphatic carbocycles. The zero-order valence-corrected chi connectivity index (χ0v) is 18.1. The number of ether oxygens (including phenoxy) is 1. The average Bonchev–Trinajstić information content (AvgIpc) is 2.73. The van der Waals surface area contributed by atoms with Gasteiger partial charge >= 0.3 is 0 Å². The Balaban J connectivity index is 2.21. The highest BCUT2D eigenvalue weighted by molar-refractivity contribution is 5.88. The fraction of sp³-hybridized carbons (Fsp3) is 0.417. The van der Waals surface area contributed by atoms with Gasteiger partial charge in [0.25, 0.3) is 0 Å². The number of nitrogens with zero attached hydrogens (tertiary/aromatic N) is 1. The quantitative estimate of drug-likeness (QED) is 0.700. The Bertz CT molecular complexity index is 800. The van der Waals surface area contributed by atoms with Gasteiger partial charge in [-0.25, -0.2) is 0 Å². The summed E-state index contributed by atoms with van der Waals surface area (Å²) >= 11 is 0. The van der Waals surface area contributed by atoms with E-state index in [0.717, 1.165) is 28.9 Å². The van der Waals surface area contributed by atoms with Gasteiger partial charge in [0.05, 0.1) is 13.5 Å². The second-order valence-corrected chi connectivity index (χ2v) is 7.53. The minimum Gasteiger partial charge on any atom is -0.497 e. The zero-order chi connectivity index (χ0) is 21.4. The van der Waals surface area contributed by atoms with Gasteiger partial charge in [-0.05, 0) is 50.5 Å². The van der Waals surface area contributed by atoms with Crippen LogP contribution in [-0.2, 0) is 22.6 Å². The molecular weight excluding hydrogens is 364 g/mol. The molecule has 156 valence electrons. The molecule has 2 aromatic carbocycles. The molecule has 0 saturated heterocycles. The number of aryl methyl sites for hydroxylation is 1. The first-order valence-electron chi connectivity index (χ1n) is 10.1. The van der Waals surface area contributed by atoms with Crippen LogP contribution in [-0.4, -0.2) is 35.9 Å². The molecule has 5 nitrogen and oxygen atoms in total.